The lowest BCUT2D eigenvalue weighted by Crippen LogP contribution is -2.30. The molecule has 1 aromatic heterocycles. The Morgan fingerprint density at radius 1 is 1.16 bits per heavy atom. The SMILES string of the molecule is CNC(=O)c1c(-c2ccc(F)cc2)oc2cc(N(Cc3ccc(Br)c(Cl)c3)S(C)(=O)=O)c(C3CC3)cc12. The van der Waals surface area contributed by atoms with E-state index in [0.717, 1.165) is 34.7 Å². The Bertz CT molecular complexity index is 1630. The van der Waals surface area contributed by atoms with Gasteiger partial charge in [0.15, 0.2) is 0 Å². The number of sulfonamides is 1. The summed E-state index contributed by atoms with van der Waals surface area (Å²) in [6.45, 7) is 0.0743. The van der Waals surface area contributed by atoms with Crippen LogP contribution in [0.4, 0.5) is 10.1 Å². The van der Waals surface area contributed by atoms with Crippen LogP contribution >= 0.6 is 27.5 Å². The second-order valence-corrected chi connectivity index (χ2v) is 12.3. The van der Waals surface area contributed by atoms with Crippen molar-refractivity contribution in [3.8, 4) is 11.3 Å². The highest BCUT2D eigenvalue weighted by molar-refractivity contribution is 9.10. The van der Waals surface area contributed by atoms with Gasteiger partial charge in [-0.05, 0) is 88.3 Å². The van der Waals surface area contributed by atoms with Gasteiger partial charge in [0.1, 0.15) is 17.2 Å². The molecule has 0 spiro atoms. The minimum atomic E-state index is -3.70. The Morgan fingerprint density at radius 3 is 2.46 bits per heavy atom. The molecule has 1 N–H and O–H groups in total. The number of nitrogens with one attached hydrogen (secondary N) is 1. The average Bonchev–Trinajstić information content (AvgIpc) is 3.63. The van der Waals surface area contributed by atoms with E-state index in [1.165, 1.54) is 23.5 Å². The zero-order valence-corrected chi connectivity index (χ0v) is 23.2. The van der Waals surface area contributed by atoms with Crippen molar-refractivity contribution in [1.29, 1.82) is 0 Å². The van der Waals surface area contributed by atoms with E-state index in [4.69, 9.17) is 16.0 Å². The lowest BCUT2D eigenvalue weighted by atomic mass is 10.00. The molecular weight excluding hydrogens is 583 g/mol. The molecular formula is C27H23BrClFN2O4S. The van der Waals surface area contributed by atoms with Gasteiger partial charge in [0.05, 0.1) is 29.1 Å². The van der Waals surface area contributed by atoms with E-state index in [2.05, 4.69) is 21.2 Å². The molecule has 1 aliphatic carbocycles. The fraction of sp³-hybridized carbons (Fsp3) is 0.222. The Hall–Kier alpha value is -2.88. The van der Waals surface area contributed by atoms with Gasteiger partial charge >= 0.3 is 0 Å². The summed E-state index contributed by atoms with van der Waals surface area (Å²) in [5.74, 6) is -0.300. The maximum absolute atomic E-state index is 13.6. The van der Waals surface area contributed by atoms with E-state index in [-0.39, 0.29) is 18.4 Å². The third-order valence-corrected chi connectivity index (χ3v) is 8.75. The molecule has 0 saturated heterocycles. The van der Waals surface area contributed by atoms with Crippen LogP contribution in [-0.2, 0) is 16.6 Å². The largest absolute Gasteiger partial charge is 0.455 e. The maximum atomic E-state index is 13.6. The predicted octanol–water partition coefficient (Wildman–Crippen LogP) is 6.86. The van der Waals surface area contributed by atoms with Crippen molar-refractivity contribution in [2.45, 2.75) is 25.3 Å². The molecule has 1 aliphatic rings. The van der Waals surface area contributed by atoms with E-state index < -0.39 is 15.8 Å². The molecule has 0 bridgehead atoms. The summed E-state index contributed by atoms with van der Waals surface area (Å²) in [6.07, 6.45) is 2.99. The molecule has 0 radical (unpaired) electrons. The van der Waals surface area contributed by atoms with Crippen LogP contribution < -0.4 is 9.62 Å². The number of rotatable bonds is 7. The van der Waals surface area contributed by atoms with Crippen molar-refractivity contribution in [3.63, 3.8) is 0 Å². The summed E-state index contributed by atoms with van der Waals surface area (Å²) < 4.78 is 47.9. The lowest BCUT2D eigenvalue weighted by molar-refractivity contribution is 0.0964. The van der Waals surface area contributed by atoms with E-state index in [0.29, 0.717) is 38.6 Å². The van der Waals surface area contributed by atoms with Gasteiger partial charge in [0.25, 0.3) is 5.91 Å². The summed E-state index contributed by atoms with van der Waals surface area (Å²) in [5, 5.41) is 3.71. The third kappa shape index (κ3) is 5.12. The number of nitrogens with zero attached hydrogens (tertiary/aromatic N) is 1. The zero-order chi connectivity index (χ0) is 26.5. The fourth-order valence-corrected chi connectivity index (χ4v) is 5.77. The molecule has 0 aliphatic heterocycles. The molecule has 5 rings (SSSR count). The molecule has 37 heavy (non-hydrogen) atoms. The first-order valence-electron chi connectivity index (χ1n) is 11.6. The Morgan fingerprint density at radius 2 is 1.86 bits per heavy atom. The number of amides is 1. The summed E-state index contributed by atoms with van der Waals surface area (Å²) >= 11 is 9.63. The van der Waals surface area contributed by atoms with Crippen molar-refractivity contribution in [2.24, 2.45) is 0 Å². The van der Waals surface area contributed by atoms with Crippen molar-refractivity contribution in [1.82, 2.24) is 5.32 Å². The number of fused-ring (bicyclic) bond motifs is 1. The molecule has 4 aromatic rings. The number of hydrogen-bond acceptors (Lipinski definition) is 4. The molecule has 192 valence electrons. The highest BCUT2D eigenvalue weighted by Gasteiger charge is 2.33. The number of hydrogen-bond donors (Lipinski definition) is 1. The second kappa shape index (κ2) is 9.78. The highest BCUT2D eigenvalue weighted by atomic mass is 79.9. The Balaban J connectivity index is 1.72. The van der Waals surface area contributed by atoms with Gasteiger partial charge in [-0.1, -0.05) is 17.7 Å². The summed E-state index contributed by atoms with van der Waals surface area (Å²) in [6, 6.07) is 14.5. The first-order valence-corrected chi connectivity index (χ1v) is 14.6. The summed E-state index contributed by atoms with van der Waals surface area (Å²) in [7, 11) is -2.17. The van der Waals surface area contributed by atoms with Crippen molar-refractivity contribution in [3.05, 3.63) is 86.6 Å². The smallest absolute Gasteiger partial charge is 0.255 e. The number of furan rings is 1. The number of benzene rings is 3. The molecule has 1 amide bonds. The first kappa shape index (κ1) is 25.8. The van der Waals surface area contributed by atoms with E-state index in [1.54, 1.807) is 30.3 Å². The maximum Gasteiger partial charge on any atom is 0.255 e. The van der Waals surface area contributed by atoms with Gasteiger partial charge in [-0.3, -0.25) is 9.10 Å². The molecule has 10 heteroatoms. The van der Waals surface area contributed by atoms with E-state index in [1.807, 2.05) is 12.1 Å². The van der Waals surface area contributed by atoms with Crippen molar-refractivity contribution in [2.75, 3.05) is 17.6 Å². The predicted molar refractivity (Wildman–Crippen MR) is 147 cm³/mol. The molecule has 1 heterocycles. The van der Waals surface area contributed by atoms with E-state index >= 15 is 0 Å². The number of carbonyl (C=O) groups excluding carboxylic acids is 1. The number of carbonyl (C=O) groups is 1. The first-order chi connectivity index (χ1) is 17.6. The van der Waals surface area contributed by atoms with Gasteiger partial charge in [0.2, 0.25) is 10.0 Å². The van der Waals surface area contributed by atoms with E-state index in [9.17, 15) is 17.6 Å². The van der Waals surface area contributed by atoms with Gasteiger partial charge in [0, 0.05) is 28.5 Å². The standard InChI is InChI=1S/C27H23BrClFN2O4S/c1-31-27(33)25-20-12-19(16-4-5-16)23(13-24(20)36-26(25)17-6-8-18(30)9-7-17)32(37(2,34)35)14-15-3-10-21(28)22(29)11-15/h3,6-13,16H,4-5,14H2,1-2H3,(H,31,33). The number of anilines is 1. The van der Waals surface area contributed by atoms with Crippen molar-refractivity contribution < 1.29 is 22.0 Å². The second-order valence-electron chi connectivity index (χ2n) is 9.09. The normalized spacial score (nSPS) is 13.6. The Kier molecular flexibility index (Phi) is 6.81. The van der Waals surface area contributed by atoms with Crippen LogP contribution in [0, 0.1) is 5.82 Å². The van der Waals surface area contributed by atoms with Crippen LogP contribution in [0.15, 0.2) is 63.5 Å². The third-order valence-electron chi connectivity index (χ3n) is 6.39. The lowest BCUT2D eigenvalue weighted by Gasteiger charge is -2.25. The minimum absolute atomic E-state index is 0.0743. The highest BCUT2D eigenvalue weighted by Crippen LogP contribution is 2.48. The van der Waals surface area contributed by atoms with Gasteiger partial charge in [-0.2, -0.15) is 0 Å². The zero-order valence-electron chi connectivity index (χ0n) is 20.0. The minimum Gasteiger partial charge on any atom is -0.455 e. The topological polar surface area (TPSA) is 79.6 Å². The molecule has 3 aromatic carbocycles. The van der Waals surface area contributed by atoms with Crippen LogP contribution in [0.3, 0.4) is 0 Å². The summed E-state index contributed by atoms with van der Waals surface area (Å²) in [5.41, 5.74) is 3.27. The average molecular weight is 606 g/mol. The fourth-order valence-electron chi connectivity index (χ4n) is 4.43. The van der Waals surface area contributed by atoms with Crippen LogP contribution in [0.2, 0.25) is 5.02 Å². The monoisotopic (exact) mass is 604 g/mol. The quantitative estimate of drug-likeness (QED) is 0.250. The van der Waals surface area contributed by atoms with Crippen LogP contribution in [0.25, 0.3) is 22.3 Å². The van der Waals surface area contributed by atoms with Gasteiger partial charge < -0.3 is 9.73 Å². The molecule has 6 nitrogen and oxygen atoms in total. The molecule has 0 atom stereocenters. The van der Waals surface area contributed by atoms with Crippen LogP contribution in [0.5, 0.6) is 0 Å². The number of halogens is 3. The van der Waals surface area contributed by atoms with Gasteiger partial charge in [-0.15, -0.1) is 0 Å². The Labute approximate surface area is 227 Å². The van der Waals surface area contributed by atoms with Crippen LogP contribution in [-0.4, -0.2) is 27.6 Å². The van der Waals surface area contributed by atoms with Crippen molar-refractivity contribution >= 4 is 60.1 Å². The molecule has 1 saturated carbocycles. The van der Waals surface area contributed by atoms with Gasteiger partial charge in [-0.25, -0.2) is 12.8 Å². The van der Waals surface area contributed by atoms with Crippen LogP contribution in [0.1, 0.15) is 40.2 Å². The summed E-state index contributed by atoms with van der Waals surface area (Å²) in [4.78, 5) is 13.0. The molecule has 0 unspecified atom stereocenters. The molecule has 1 fully saturated rings.